The number of hydrogen-bond donors (Lipinski definition) is 1. The summed E-state index contributed by atoms with van der Waals surface area (Å²) >= 11 is 5.87. The van der Waals surface area contributed by atoms with Crippen molar-refractivity contribution >= 4 is 27.5 Å². The standard InChI is InChI=1S/C21H25ClN2O4S/c1-15-4-3-11-24(14-15)21(25)17-7-10-19(28-2)20(12-17)29(26,27)23-13-16-5-8-18(22)9-6-16/h5-10,12,15,23H,3-4,11,13-14H2,1-2H3. The van der Waals surface area contributed by atoms with Crippen molar-refractivity contribution in [3.8, 4) is 5.75 Å². The van der Waals surface area contributed by atoms with Crippen molar-refractivity contribution in [1.82, 2.24) is 9.62 Å². The molecule has 0 aromatic heterocycles. The van der Waals surface area contributed by atoms with Crippen LogP contribution in [0.3, 0.4) is 0 Å². The zero-order valence-corrected chi connectivity index (χ0v) is 18.1. The second-order valence-electron chi connectivity index (χ2n) is 7.32. The Morgan fingerprint density at radius 3 is 2.62 bits per heavy atom. The molecule has 0 radical (unpaired) electrons. The minimum Gasteiger partial charge on any atom is -0.495 e. The summed E-state index contributed by atoms with van der Waals surface area (Å²) in [5, 5.41) is 0.580. The highest BCUT2D eigenvalue weighted by atomic mass is 35.5. The quantitative estimate of drug-likeness (QED) is 0.749. The van der Waals surface area contributed by atoms with Crippen LogP contribution in [0.15, 0.2) is 47.4 Å². The first-order valence-corrected chi connectivity index (χ1v) is 11.4. The summed E-state index contributed by atoms with van der Waals surface area (Å²) < 4.78 is 33.6. The summed E-state index contributed by atoms with van der Waals surface area (Å²) in [5.74, 6) is 0.473. The van der Waals surface area contributed by atoms with Crippen molar-refractivity contribution in [2.24, 2.45) is 5.92 Å². The van der Waals surface area contributed by atoms with Gasteiger partial charge in [0.15, 0.2) is 0 Å². The Kier molecular flexibility index (Phi) is 6.82. The van der Waals surface area contributed by atoms with Crippen LogP contribution in [0.25, 0.3) is 0 Å². The molecule has 156 valence electrons. The Labute approximate surface area is 176 Å². The van der Waals surface area contributed by atoms with Crippen LogP contribution in [-0.2, 0) is 16.6 Å². The summed E-state index contributed by atoms with van der Waals surface area (Å²) in [5.41, 5.74) is 1.11. The molecule has 8 heteroatoms. The monoisotopic (exact) mass is 436 g/mol. The van der Waals surface area contributed by atoms with E-state index in [4.69, 9.17) is 16.3 Å². The van der Waals surface area contributed by atoms with E-state index in [9.17, 15) is 13.2 Å². The van der Waals surface area contributed by atoms with Crippen molar-refractivity contribution in [3.63, 3.8) is 0 Å². The number of hydrogen-bond acceptors (Lipinski definition) is 4. The van der Waals surface area contributed by atoms with Gasteiger partial charge in [-0.3, -0.25) is 4.79 Å². The number of carbonyl (C=O) groups excluding carboxylic acids is 1. The molecule has 1 atom stereocenters. The Bertz CT molecular complexity index is 977. The number of likely N-dealkylation sites (tertiary alicyclic amines) is 1. The summed E-state index contributed by atoms with van der Waals surface area (Å²) in [4.78, 5) is 14.6. The Hall–Kier alpha value is -2.09. The lowest BCUT2D eigenvalue weighted by atomic mass is 9.99. The molecule has 3 rings (SSSR count). The maximum Gasteiger partial charge on any atom is 0.253 e. The van der Waals surface area contributed by atoms with Crippen LogP contribution < -0.4 is 9.46 Å². The Balaban J connectivity index is 1.83. The normalized spacial score (nSPS) is 17.2. The van der Waals surface area contributed by atoms with E-state index in [2.05, 4.69) is 11.6 Å². The van der Waals surface area contributed by atoms with Crippen molar-refractivity contribution in [2.75, 3.05) is 20.2 Å². The van der Waals surface area contributed by atoms with Crippen LogP contribution >= 0.6 is 11.6 Å². The predicted molar refractivity (Wildman–Crippen MR) is 113 cm³/mol. The first-order valence-electron chi connectivity index (χ1n) is 9.51. The van der Waals surface area contributed by atoms with E-state index >= 15 is 0 Å². The van der Waals surface area contributed by atoms with Gasteiger partial charge in [-0.25, -0.2) is 13.1 Å². The van der Waals surface area contributed by atoms with Crippen molar-refractivity contribution in [1.29, 1.82) is 0 Å². The molecule has 1 fully saturated rings. The fourth-order valence-electron chi connectivity index (χ4n) is 3.43. The number of halogens is 1. The minimum absolute atomic E-state index is 0.0510. The van der Waals surface area contributed by atoms with E-state index < -0.39 is 10.0 Å². The highest BCUT2D eigenvalue weighted by molar-refractivity contribution is 7.89. The van der Waals surface area contributed by atoms with Gasteiger partial charge < -0.3 is 9.64 Å². The third-order valence-electron chi connectivity index (χ3n) is 5.02. The molecule has 0 bridgehead atoms. The highest BCUT2D eigenvalue weighted by Crippen LogP contribution is 2.27. The van der Waals surface area contributed by atoms with Gasteiger partial charge in [-0.1, -0.05) is 30.7 Å². The molecule has 2 aromatic rings. The molecule has 1 aliphatic rings. The lowest BCUT2D eigenvalue weighted by Crippen LogP contribution is -2.39. The number of piperidine rings is 1. The molecule has 1 N–H and O–H groups in total. The topological polar surface area (TPSA) is 75.7 Å². The van der Waals surface area contributed by atoms with Gasteiger partial charge in [-0.15, -0.1) is 0 Å². The summed E-state index contributed by atoms with van der Waals surface area (Å²) in [6.45, 7) is 3.59. The number of nitrogens with one attached hydrogen (secondary N) is 1. The SMILES string of the molecule is COc1ccc(C(=O)N2CCCC(C)C2)cc1S(=O)(=O)NCc1ccc(Cl)cc1. The van der Waals surface area contributed by atoms with E-state index in [1.807, 2.05) is 0 Å². The van der Waals surface area contributed by atoms with Crippen LogP contribution in [-0.4, -0.2) is 39.4 Å². The Morgan fingerprint density at radius 2 is 1.97 bits per heavy atom. The van der Waals surface area contributed by atoms with E-state index in [1.54, 1.807) is 35.2 Å². The summed E-state index contributed by atoms with van der Waals surface area (Å²) in [6, 6.07) is 11.4. The zero-order valence-electron chi connectivity index (χ0n) is 16.5. The average molecular weight is 437 g/mol. The molecule has 1 amide bonds. The van der Waals surface area contributed by atoms with Gasteiger partial charge in [-0.05, 0) is 54.7 Å². The van der Waals surface area contributed by atoms with Crippen molar-refractivity contribution < 1.29 is 17.9 Å². The van der Waals surface area contributed by atoms with Crippen molar-refractivity contribution in [3.05, 3.63) is 58.6 Å². The number of ether oxygens (including phenoxy) is 1. The number of nitrogens with zero attached hydrogens (tertiary/aromatic N) is 1. The average Bonchev–Trinajstić information content (AvgIpc) is 2.72. The number of benzene rings is 2. The molecule has 1 heterocycles. The lowest BCUT2D eigenvalue weighted by molar-refractivity contribution is 0.0682. The second kappa shape index (κ2) is 9.15. The van der Waals surface area contributed by atoms with Crippen LogP contribution in [0.1, 0.15) is 35.7 Å². The summed E-state index contributed by atoms with van der Waals surface area (Å²) in [6.07, 6.45) is 2.05. The van der Waals surface area contributed by atoms with E-state index in [0.717, 1.165) is 18.4 Å². The first-order chi connectivity index (χ1) is 13.8. The molecule has 0 aliphatic carbocycles. The zero-order chi connectivity index (χ0) is 21.0. The van der Waals surface area contributed by atoms with Gasteiger partial charge in [-0.2, -0.15) is 0 Å². The van der Waals surface area contributed by atoms with Crippen LogP contribution in [0.4, 0.5) is 0 Å². The molecule has 0 saturated carbocycles. The van der Waals surface area contributed by atoms with Crippen molar-refractivity contribution in [2.45, 2.75) is 31.2 Å². The molecule has 1 unspecified atom stereocenters. The fourth-order valence-corrected chi connectivity index (χ4v) is 4.77. The maximum atomic E-state index is 12.9. The molecule has 2 aromatic carbocycles. The van der Waals surface area contributed by atoms with Gasteiger partial charge in [0.1, 0.15) is 10.6 Å². The Morgan fingerprint density at radius 1 is 1.24 bits per heavy atom. The molecular weight excluding hydrogens is 412 g/mol. The number of methoxy groups -OCH3 is 1. The number of rotatable bonds is 6. The number of amides is 1. The molecule has 1 saturated heterocycles. The number of carbonyl (C=O) groups is 1. The third-order valence-corrected chi connectivity index (χ3v) is 6.70. The first kappa shape index (κ1) is 21.6. The highest BCUT2D eigenvalue weighted by Gasteiger charge is 2.25. The lowest BCUT2D eigenvalue weighted by Gasteiger charge is -2.31. The van der Waals surface area contributed by atoms with Gasteiger partial charge in [0.05, 0.1) is 7.11 Å². The maximum absolute atomic E-state index is 12.9. The smallest absolute Gasteiger partial charge is 0.253 e. The van der Waals surface area contributed by atoms with Gasteiger partial charge in [0, 0.05) is 30.2 Å². The van der Waals surface area contributed by atoms with Gasteiger partial charge in [0.25, 0.3) is 5.91 Å². The fraction of sp³-hybridized carbons (Fsp3) is 0.381. The third kappa shape index (κ3) is 5.29. The van der Waals surface area contributed by atoms with E-state index in [0.29, 0.717) is 29.6 Å². The molecule has 29 heavy (non-hydrogen) atoms. The predicted octanol–water partition coefficient (Wildman–Crippen LogP) is 3.70. The van der Waals surface area contributed by atoms with Crippen LogP contribution in [0.2, 0.25) is 5.02 Å². The van der Waals surface area contributed by atoms with Crippen LogP contribution in [0, 0.1) is 5.92 Å². The molecule has 6 nitrogen and oxygen atoms in total. The van der Waals surface area contributed by atoms with E-state index in [-0.39, 0.29) is 23.1 Å². The van der Waals surface area contributed by atoms with Gasteiger partial charge in [0.2, 0.25) is 10.0 Å². The summed E-state index contributed by atoms with van der Waals surface area (Å²) in [7, 11) is -2.48. The number of sulfonamides is 1. The molecule has 0 spiro atoms. The minimum atomic E-state index is -3.89. The van der Waals surface area contributed by atoms with E-state index in [1.165, 1.54) is 19.2 Å². The second-order valence-corrected chi connectivity index (χ2v) is 9.49. The van der Waals surface area contributed by atoms with Gasteiger partial charge >= 0.3 is 0 Å². The molecular formula is C21H25ClN2O4S. The largest absolute Gasteiger partial charge is 0.495 e. The van der Waals surface area contributed by atoms with Crippen LogP contribution in [0.5, 0.6) is 5.75 Å². The molecule has 1 aliphatic heterocycles.